The lowest BCUT2D eigenvalue weighted by Crippen LogP contribution is -2.23. The van der Waals surface area contributed by atoms with Crippen LogP contribution < -0.4 is 0 Å². The summed E-state index contributed by atoms with van der Waals surface area (Å²) in [7, 11) is -8.79. The Morgan fingerprint density at radius 1 is 1.13 bits per heavy atom. The van der Waals surface area contributed by atoms with Crippen molar-refractivity contribution in [2.45, 2.75) is 33.3 Å². The van der Waals surface area contributed by atoms with Gasteiger partial charge in [-0.2, -0.15) is 16.8 Å². The predicted octanol–water partition coefficient (Wildman–Crippen LogP) is 0.613. The highest BCUT2D eigenvalue weighted by Crippen LogP contribution is 2.11. The normalized spacial score (nSPS) is 15.5. The molecule has 0 saturated carbocycles. The van der Waals surface area contributed by atoms with Gasteiger partial charge in [0.2, 0.25) is 5.08 Å². The van der Waals surface area contributed by atoms with Crippen molar-refractivity contribution in [1.82, 2.24) is 0 Å². The second-order valence-electron chi connectivity index (χ2n) is 3.79. The van der Waals surface area contributed by atoms with E-state index in [9.17, 15) is 16.8 Å². The SMILES string of the molecule is CC(C)CC(C)OS(=O)(=O)CS(=O)(=O)O. The molecule has 0 aliphatic heterocycles. The maximum Gasteiger partial charge on any atom is 0.284 e. The molecule has 0 spiro atoms. The average Bonchev–Trinajstić information content (AvgIpc) is 1.73. The second-order valence-corrected chi connectivity index (χ2v) is 7.21. The van der Waals surface area contributed by atoms with Gasteiger partial charge in [-0.25, -0.2) is 0 Å². The highest BCUT2D eigenvalue weighted by molar-refractivity contribution is 8.03. The first-order valence-corrected chi connectivity index (χ1v) is 7.56. The Balaban J connectivity index is 4.40. The van der Waals surface area contributed by atoms with Gasteiger partial charge in [0.05, 0.1) is 6.10 Å². The second kappa shape index (κ2) is 5.24. The Morgan fingerprint density at radius 2 is 1.60 bits per heavy atom. The molecule has 0 aromatic rings. The molecule has 0 bridgehead atoms. The van der Waals surface area contributed by atoms with E-state index in [1.165, 1.54) is 6.92 Å². The summed E-state index contributed by atoms with van der Waals surface area (Å²) in [5.74, 6) is 0.237. The molecule has 0 amide bonds. The van der Waals surface area contributed by atoms with Gasteiger partial charge >= 0.3 is 0 Å². The summed E-state index contributed by atoms with van der Waals surface area (Å²) in [4.78, 5) is 0. The summed E-state index contributed by atoms with van der Waals surface area (Å²) < 4.78 is 55.8. The van der Waals surface area contributed by atoms with E-state index in [1.54, 1.807) is 0 Å². The summed E-state index contributed by atoms with van der Waals surface area (Å²) in [5, 5.41) is -1.40. The van der Waals surface area contributed by atoms with Crippen LogP contribution in [0.4, 0.5) is 0 Å². The van der Waals surface area contributed by atoms with Crippen molar-refractivity contribution < 1.29 is 25.6 Å². The monoisotopic (exact) mass is 260 g/mol. The van der Waals surface area contributed by atoms with Gasteiger partial charge in [0.15, 0.2) is 0 Å². The quantitative estimate of drug-likeness (QED) is 0.555. The Labute approximate surface area is 90.5 Å². The molecule has 1 N–H and O–H groups in total. The third-order valence-corrected chi connectivity index (χ3v) is 4.38. The van der Waals surface area contributed by atoms with Crippen molar-refractivity contribution in [3.05, 3.63) is 0 Å². The lowest BCUT2D eigenvalue weighted by Gasteiger charge is -2.13. The molecule has 0 aromatic heterocycles. The molecule has 0 aliphatic carbocycles. The standard InChI is InChI=1S/C7H16O6S2/c1-6(2)4-7(3)13-15(11,12)5-14(8,9)10/h6-7H,4-5H2,1-3H3,(H,8,9,10). The van der Waals surface area contributed by atoms with E-state index in [0.717, 1.165) is 0 Å². The van der Waals surface area contributed by atoms with Crippen molar-refractivity contribution in [1.29, 1.82) is 0 Å². The van der Waals surface area contributed by atoms with Crippen LogP contribution in [0.2, 0.25) is 0 Å². The highest BCUT2D eigenvalue weighted by Gasteiger charge is 2.23. The molecular formula is C7H16O6S2. The van der Waals surface area contributed by atoms with Gasteiger partial charge in [0.1, 0.15) is 0 Å². The van der Waals surface area contributed by atoms with E-state index in [4.69, 9.17) is 4.55 Å². The van der Waals surface area contributed by atoms with Gasteiger partial charge in [-0.3, -0.25) is 8.74 Å². The number of hydrogen-bond acceptors (Lipinski definition) is 5. The lowest BCUT2D eigenvalue weighted by molar-refractivity contribution is 0.202. The first kappa shape index (κ1) is 14.8. The Hall–Kier alpha value is -0.180. The van der Waals surface area contributed by atoms with Gasteiger partial charge < -0.3 is 0 Å². The number of hydrogen-bond donors (Lipinski definition) is 1. The third kappa shape index (κ3) is 8.79. The van der Waals surface area contributed by atoms with Crippen LogP contribution in [0.5, 0.6) is 0 Å². The molecule has 0 aliphatic rings. The minimum Gasteiger partial charge on any atom is -0.285 e. The van der Waals surface area contributed by atoms with E-state index in [2.05, 4.69) is 4.18 Å². The summed E-state index contributed by atoms with van der Waals surface area (Å²) in [6.45, 7) is 5.30. The van der Waals surface area contributed by atoms with Crippen molar-refractivity contribution in [2.24, 2.45) is 5.92 Å². The molecule has 0 radical (unpaired) electrons. The Kier molecular flexibility index (Phi) is 5.18. The maximum absolute atomic E-state index is 11.1. The fraction of sp³-hybridized carbons (Fsp3) is 1.00. The Morgan fingerprint density at radius 3 is 1.93 bits per heavy atom. The van der Waals surface area contributed by atoms with E-state index in [0.29, 0.717) is 6.42 Å². The van der Waals surface area contributed by atoms with E-state index in [-0.39, 0.29) is 5.92 Å². The van der Waals surface area contributed by atoms with Crippen LogP contribution in [-0.4, -0.2) is 32.6 Å². The minimum atomic E-state index is -4.57. The van der Waals surface area contributed by atoms with Crippen LogP contribution >= 0.6 is 0 Å². The van der Waals surface area contributed by atoms with Crippen molar-refractivity contribution in [3.8, 4) is 0 Å². The predicted molar refractivity (Wildman–Crippen MR) is 55.3 cm³/mol. The summed E-state index contributed by atoms with van der Waals surface area (Å²) in [5.41, 5.74) is 0. The van der Waals surface area contributed by atoms with Crippen LogP contribution in [0, 0.1) is 5.92 Å². The fourth-order valence-corrected chi connectivity index (χ4v) is 3.42. The minimum absolute atomic E-state index is 0.237. The lowest BCUT2D eigenvalue weighted by atomic mass is 10.1. The highest BCUT2D eigenvalue weighted by atomic mass is 32.3. The van der Waals surface area contributed by atoms with Crippen molar-refractivity contribution >= 4 is 20.2 Å². The summed E-state index contributed by atoms with van der Waals surface area (Å²) in [6, 6.07) is 0. The zero-order chi connectivity index (χ0) is 12.3. The molecule has 15 heavy (non-hydrogen) atoms. The fourth-order valence-electron chi connectivity index (χ4n) is 1.16. The van der Waals surface area contributed by atoms with Gasteiger partial charge in [-0.15, -0.1) is 0 Å². The number of rotatable bonds is 6. The van der Waals surface area contributed by atoms with Crippen LogP contribution in [-0.2, 0) is 24.4 Å². The van der Waals surface area contributed by atoms with Crippen molar-refractivity contribution in [2.75, 3.05) is 5.08 Å². The van der Waals surface area contributed by atoms with Crippen LogP contribution in [0.15, 0.2) is 0 Å². The molecule has 0 heterocycles. The maximum atomic E-state index is 11.1. The smallest absolute Gasteiger partial charge is 0.284 e. The van der Waals surface area contributed by atoms with Gasteiger partial charge in [0, 0.05) is 0 Å². The average molecular weight is 260 g/mol. The molecule has 6 nitrogen and oxygen atoms in total. The molecule has 92 valence electrons. The zero-order valence-electron chi connectivity index (χ0n) is 8.87. The molecule has 0 aromatic carbocycles. The zero-order valence-corrected chi connectivity index (χ0v) is 10.5. The van der Waals surface area contributed by atoms with Gasteiger partial charge in [0.25, 0.3) is 20.2 Å². The summed E-state index contributed by atoms with van der Waals surface area (Å²) in [6.07, 6.45) is -0.109. The molecular weight excluding hydrogens is 244 g/mol. The largest absolute Gasteiger partial charge is 0.285 e. The van der Waals surface area contributed by atoms with Crippen molar-refractivity contribution in [3.63, 3.8) is 0 Å². The van der Waals surface area contributed by atoms with Gasteiger partial charge in [-0.05, 0) is 19.3 Å². The molecule has 1 unspecified atom stereocenters. The molecule has 8 heteroatoms. The van der Waals surface area contributed by atoms with E-state index >= 15 is 0 Å². The Bertz CT molecular complexity index is 380. The van der Waals surface area contributed by atoms with E-state index in [1.807, 2.05) is 13.8 Å². The molecule has 0 saturated heterocycles. The van der Waals surface area contributed by atoms with Gasteiger partial charge in [-0.1, -0.05) is 13.8 Å². The first-order valence-electron chi connectivity index (χ1n) is 4.38. The topological polar surface area (TPSA) is 97.7 Å². The summed E-state index contributed by atoms with van der Waals surface area (Å²) >= 11 is 0. The molecule has 1 atom stereocenters. The van der Waals surface area contributed by atoms with Crippen LogP contribution in [0.25, 0.3) is 0 Å². The molecule has 0 rings (SSSR count). The van der Waals surface area contributed by atoms with Crippen LogP contribution in [0.1, 0.15) is 27.2 Å². The third-order valence-electron chi connectivity index (χ3n) is 1.41. The molecule has 0 fully saturated rings. The van der Waals surface area contributed by atoms with Crippen LogP contribution in [0.3, 0.4) is 0 Å². The van der Waals surface area contributed by atoms with E-state index < -0.39 is 31.4 Å². The first-order chi connectivity index (χ1) is 6.52.